The maximum atomic E-state index is 10.7. The third-order valence-corrected chi connectivity index (χ3v) is 1.65. The summed E-state index contributed by atoms with van der Waals surface area (Å²) >= 11 is 0. The lowest BCUT2D eigenvalue weighted by Crippen LogP contribution is -2.41. The highest BCUT2D eigenvalue weighted by atomic mass is 16.4. The Morgan fingerprint density at radius 3 is 2.73 bits per heavy atom. The Hall–Kier alpha value is -1.89. The first kappa shape index (κ1) is 13.1. The molecule has 7 nitrogen and oxygen atoms in total. The molecule has 0 saturated heterocycles. The van der Waals surface area contributed by atoms with Gasteiger partial charge in [-0.15, -0.1) is 0 Å². The summed E-state index contributed by atoms with van der Waals surface area (Å²) in [5, 5.41) is 11.1. The second-order valence-corrected chi connectivity index (χ2v) is 2.87. The van der Waals surface area contributed by atoms with Crippen molar-refractivity contribution in [3.8, 4) is 0 Å². The standard InChI is InChI=1S/C8H11N3O3.H2O/c1-5(12)11-7(8(13)14)2-6-3-9-4-10-6;/h3-4,7H,2H2,1H3,(H,9,10)(H,11,12)(H,13,14);1H2. The molecule has 5 N–H and O–H groups in total. The van der Waals surface area contributed by atoms with Gasteiger partial charge < -0.3 is 20.9 Å². The van der Waals surface area contributed by atoms with E-state index in [9.17, 15) is 9.59 Å². The normalized spacial score (nSPS) is 11.3. The van der Waals surface area contributed by atoms with Crippen molar-refractivity contribution in [2.24, 2.45) is 0 Å². The zero-order chi connectivity index (χ0) is 10.6. The summed E-state index contributed by atoms with van der Waals surface area (Å²) in [6.07, 6.45) is 3.19. The smallest absolute Gasteiger partial charge is 0.326 e. The molecular weight excluding hydrogens is 202 g/mol. The van der Waals surface area contributed by atoms with E-state index >= 15 is 0 Å². The van der Waals surface area contributed by atoms with Gasteiger partial charge in [0, 0.05) is 25.2 Å². The number of H-pyrrole nitrogens is 1. The van der Waals surface area contributed by atoms with E-state index < -0.39 is 12.0 Å². The molecule has 0 radical (unpaired) electrons. The molecule has 1 heterocycles. The molecule has 1 atom stereocenters. The Balaban J connectivity index is 0.00000196. The highest BCUT2D eigenvalue weighted by Crippen LogP contribution is 1.98. The molecule has 0 aromatic carbocycles. The third-order valence-electron chi connectivity index (χ3n) is 1.65. The number of aromatic amines is 1. The van der Waals surface area contributed by atoms with Crippen LogP contribution < -0.4 is 5.32 Å². The number of aliphatic carboxylic acids is 1. The third kappa shape index (κ3) is 4.23. The number of nitrogens with zero attached hydrogens (tertiary/aromatic N) is 1. The maximum absolute atomic E-state index is 10.7. The molecule has 1 amide bonds. The van der Waals surface area contributed by atoms with Gasteiger partial charge in [-0.2, -0.15) is 0 Å². The number of imidazole rings is 1. The van der Waals surface area contributed by atoms with Gasteiger partial charge in [-0.05, 0) is 0 Å². The van der Waals surface area contributed by atoms with Crippen molar-refractivity contribution in [2.75, 3.05) is 0 Å². The molecule has 0 aliphatic carbocycles. The van der Waals surface area contributed by atoms with Gasteiger partial charge in [0.2, 0.25) is 5.91 Å². The van der Waals surface area contributed by atoms with E-state index in [4.69, 9.17) is 5.11 Å². The van der Waals surface area contributed by atoms with Crippen molar-refractivity contribution >= 4 is 11.9 Å². The van der Waals surface area contributed by atoms with E-state index in [1.54, 1.807) is 0 Å². The fraction of sp³-hybridized carbons (Fsp3) is 0.375. The van der Waals surface area contributed by atoms with Crippen molar-refractivity contribution in [2.45, 2.75) is 19.4 Å². The number of hydrogen-bond donors (Lipinski definition) is 3. The first-order chi connectivity index (χ1) is 6.59. The lowest BCUT2D eigenvalue weighted by molar-refractivity contribution is -0.141. The molecule has 1 aromatic heterocycles. The minimum absolute atomic E-state index is 0. The van der Waals surface area contributed by atoms with Gasteiger partial charge in [-0.1, -0.05) is 0 Å². The fourth-order valence-corrected chi connectivity index (χ4v) is 1.06. The van der Waals surface area contributed by atoms with E-state index in [0.717, 1.165) is 0 Å². The van der Waals surface area contributed by atoms with Crippen LogP contribution in [0.2, 0.25) is 0 Å². The lowest BCUT2D eigenvalue weighted by Gasteiger charge is -2.11. The maximum Gasteiger partial charge on any atom is 0.326 e. The Morgan fingerprint density at radius 1 is 1.67 bits per heavy atom. The molecule has 0 aliphatic heterocycles. The number of aromatic nitrogens is 2. The van der Waals surface area contributed by atoms with Crippen LogP contribution in [0.5, 0.6) is 0 Å². The van der Waals surface area contributed by atoms with Gasteiger partial charge in [0.25, 0.3) is 0 Å². The molecular formula is C8H13N3O4. The van der Waals surface area contributed by atoms with Crippen LogP contribution in [-0.4, -0.2) is 38.5 Å². The largest absolute Gasteiger partial charge is 0.480 e. The molecule has 0 aliphatic rings. The topological polar surface area (TPSA) is 127 Å². The van der Waals surface area contributed by atoms with Crippen LogP contribution in [0.25, 0.3) is 0 Å². The number of nitrogens with one attached hydrogen (secondary N) is 2. The first-order valence-electron chi connectivity index (χ1n) is 4.06. The summed E-state index contributed by atoms with van der Waals surface area (Å²) in [6, 6.07) is -0.909. The second kappa shape index (κ2) is 5.76. The minimum atomic E-state index is -1.06. The highest BCUT2D eigenvalue weighted by molar-refractivity contribution is 5.82. The van der Waals surface area contributed by atoms with Gasteiger partial charge in [-0.25, -0.2) is 9.78 Å². The molecule has 1 unspecified atom stereocenters. The zero-order valence-electron chi connectivity index (χ0n) is 8.15. The molecule has 7 heteroatoms. The number of rotatable bonds is 4. The van der Waals surface area contributed by atoms with Gasteiger partial charge >= 0.3 is 5.97 Å². The molecule has 15 heavy (non-hydrogen) atoms. The molecule has 0 bridgehead atoms. The zero-order valence-corrected chi connectivity index (χ0v) is 8.15. The Bertz CT molecular complexity index is 323. The van der Waals surface area contributed by atoms with Crippen molar-refractivity contribution < 1.29 is 20.2 Å². The number of amides is 1. The first-order valence-corrected chi connectivity index (χ1v) is 4.06. The van der Waals surface area contributed by atoms with E-state index in [-0.39, 0.29) is 17.8 Å². The van der Waals surface area contributed by atoms with E-state index in [2.05, 4.69) is 15.3 Å². The lowest BCUT2D eigenvalue weighted by atomic mass is 10.1. The van der Waals surface area contributed by atoms with Gasteiger partial charge in [-0.3, -0.25) is 4.79 Å². The summed E-state index contributed by atoms with van der Waals surface area (Å²) in [6.45, 7) is 1.28. The van der Waals surface area contributed by atoms with Crippen molar-refractivity contribution in [3.05, 3.63) is 18.2 Å². The molecule has 1 rings (SSSR count). The number of hydrogen-bond acceptors (Lipinski definition) is 3. The van der Waals surface area contributed by atoms with Crippen molar-refractivity contribution in [3.63, 3.8) is 0 Å². The summed E-state index contributed by atoms with van der Waals surface area (Å²) in [5.74, 6) is -1.42. The van der Waals surface area contributed by atoms with E-state index in [1.165, 1.54) is 19.4 Å². The summed E-state index contributed by atoms with van der Waals surface area (Å²) in [5.41, 5.74) is 0.672. The average molecular weight is 215 g/mol. The number of carboxylic acids is 1. The van der Waals surface area contributed by atoms with Gasteiger partial charge in [0.1, 0.15) is 6.04 Å². The molecule has 0 spiro atoms. The Morgan fingerprint density at radius 2 is 2.33 bits per heavy atom. The number of carboxylic acid groups (broad SMARTS) is 1. The van der Waals surface area contributed by atoms with Crippen LogP contribution in [0.15, 0.2) is 12.5 Å². The van der Waals surface area contributed by atoms with Crippen molar-refractivity contribution in [1.29, 1.82) is 0 Å². The van der Waals surface area contributed by atoms with Crippen LogP contribution in [0.1, 0.15) is 12.6 Å². The average Bonchev–Trinajstić information content (AvgIpc) is 2.54. The SMILES string of the molecule is CC(=O)NC(Cc1cnc[nH]1)C(=O)O.O. The quantitative estimate of drug-likeness (QED) is 0.577. The van der Waals surface area contributed by atoms with Gasteiger partial charge in [0.15, 0.2) is 0 Å². The van der Waals surface area contributed by atoms with Gasteiger partial charge in [0.05, 0.1) is 6.33 Å². The molecule has 84 valence electrons. The van der Waals surface area contributed by atoms with Crippen LogP contribution in [-0.2, 0) is 16.0 Å². The predicted molar refractivity (Wildman–Crippen MR) is 51.1 cm³/mol. The predicted octanol–water partition coefficient (Wildman–Crippen LogP) is -1.28. The van der Waals surface area contributed by atoms with Crippen molar-refractivity contribution in [1.82, 2.24) is 15.3 Å². The second-order valence-electron chi connectivity index (χ2n) is 2.87. The number of carbonyl (C=O) groups is 2. The van der Waals surface area contributed by atoms with E-state index in [1.807, 2.05) is 0 Å². The fourth-order valence-electron chi connectivity index (χ4n) is 1.06. The van der Waals surface area contributed by atoms with Crippen LogP contribution in [0.4, 0.5) is 0 Å². The summed E-state index contributed by atoms with van der Waals surface area (Å²) in [7, 11) is 0. The monoisotopic (exact) mass is 215 g/mol. The molecule has 1 aromatic rings. The molecule has 0 saturated carbocycles. The van der Waals surface area contributed by atoms with Crippen LogP contribution in [0, 0.1) is 0 Å². The summed E-state index contributed by atoms with van der Waals surface area (Å²) in [4.78, 5) is 27.9. The van der Waals surface area contributed by atoms with Crippen LogP contribution in [0.3, 0.4) is 0 Å². The number of carbonyl (C=O) groups excluding carboxylic acids is 1. The minimum Gasteiger partial charge on any atom is -0.480 e. The van der Waals surface area contributed by atoms with E-state index in [0.29, 0.717) is 5.69 Å². The highest BCUT2D eigenvalue weighted by Gasteiger charge is 2.18. The van der Waals surface area contributed by atoms with Crippen LogP contribution >= 0.6 is 0 Å². The Labute approximate surface area is 85.8 Å². The molecule has 0 fully saturated rings. The summed E-state index contributed by atoms with van der Waals surface area (Å²) < 4.78 is 0. The Kier molecular flexibility index (Phi) is 5.03.